The van der Waals surface area contributed by atoms with Crippen molar-refractivity contribution in [1.82, 2.24) is 4.98 Å². The summed E-state index contributed by atoms with van der Waals surface area (Å²) >= 11 is 3.00. The first kappa shape index (κ1) is 12.8. The van der Waals surface area contributed by atoms with Crippen LogP contribution in [0.25, 0.3) is 0 Å². The zero-order valence-corrected chi connectivity index (χ0v) is 9.81. The highest BCUT2D eigenvalue weighted by molar-refractivity contribution is 9.08. The minimum atomic E-state index is -2.80. The molecule has 0 unspecified atom stereocenters. The molecule has 0 saturated carbocycles. The van der Waals surface area contributed by atoms with Gasteiger partial charge < -0.3 is 9.72 Å². The van der Waals surface area contributed by atoms with Crippen molar-refractivity contribution in [3.8, 4) is 0 Å². The second-order valence-electron chi connectivity index (χ2n) is 2.88. The number of esters is 1. The van der Waals surface area contributed by atoms with Crippen molar-refractivity contribution in [1.29, 1.82) is 0 Å². The summed E-state index contributed by atoms with van der Waals surface area (Å²) in [4.78, 5) is 24.4. The quantitative estimate of drug-likeness (QED) is 0.685. The number of H-pyrrole nitrogens is 1. The highest BCUT2D eigenvalue weighted by Crippen LogP contribution is 2.21. The number of carbonyl (C=O) groups is 1. The Bertz CT molecular complexity index is 459. The highest BCUT2D eigenvalue weighted by Gasteiger charge is 2.19. The number of methoxy groups -OCH3 is 1. The molecule has 1 heterocycles. The lowest BCUT2D eigenvalue weighted by Crippen LogP contribution is -2.21. The number of nitrogens with one attached hydrogen (secondary N) is 1. The largest absolute Gasteiger partial charge is 0.465 e. The van der Waals surface area contributed by atoms with Crippen molar-refractivity contribution in [2.45, 2.75) is 11.8 Å². The molecule has 0 fully saturated rings. The van der Waals surface area contributed by atoms with Gasteiger partial charge in [0.05, 0.1) is 12.8 Å². The Hall–Kier alpha value is -1.24. The molecular weight excluding hydrogens is 288 g/mol. The summed E-state index contributed by atoms with van der Waals surface area (Å²) in [6, 6.07) is 1.10. The predicted molar refractivity (Wildman–Crippen MR) is 56.0 cm³/mol. The van der Waals surface area contributed by atoms with Crippen molar-refractivity contribution in [3.05, 3.63) is 33.2 Å². The summed E-state index contributed by atoms with van der Waals surface area (Å²) in [5.41, 5.74) is -1.52. The smallest absolute Gasteiger partial charge is 0.343 e. The van der Waals surface area contributed by atoms with E-state index in [9.17, 15) is 18.4 Å². The SMILES string of the molecule is COC(=O)c1cc(CBr)c(C(F)F)[nH]c1=O. The van der Waals surface area contributed by atoms with Gasteiger partial charge in [-0.15, -0.1) is 0 Å². The van der Waals surface area contributed by atoms with Gasteiger partial charge in [-0.2, -0.15) is 0 Å². The lowest BCUT2D eigenvalue weighted by molar-refractivity contribution is 0.0597. The Morgan fingerprint density at radius 1 is 1.62 bits per heavy atom. The number of hydrogen-bond acceptors (Lipinski definition) is 3. The van der Waals surface area contributed by atoms with E-state index in [0.29, 0.717) is 0 Å². The molecule has 1 N–H and O–H groups in total. The van der Waals surface area contributed by atoms with Gasteiger partial charge in [0.25, 0.3) is 12.0 Å². The van der Waals surface area contributed by atoms with E-state index < -0.39 is 23.6 Å². The number of carbonyl (C=O) groups excluding carboxylic acids is 1. The molecule has 1 rings (SSSR count). The second-order valence-corrected chi connectivity index (χ2v) is 3.44. The van der Waals surface area contributed by atoms with Crippen LogP contribution in [0.2, 0.25) is 0 Å². The Morgan fingerprint density at radius 2 is 2.25 bits per heavy atom. The van der Waals surface area contributed by atoms with Crippen LogP contribution in [-0.2, 0) is 10.1 Å². The normalized spacial score (nSPS) is 10.6. The van der Waals surface area contributed by atoms with Crippen LogP contribution in [0.4, 0.5) is 8.78 Å². The molecule has 0 aromatic carbocycles. The van der Waals surface area contributed by atoms with E-state index in [4.69, 9.17) is 0 Å². The minimum absolute atomic E-state index is 0.105. The molecule has 0 amide bonds. The zero-order chi connectivity index (χ0) is 12.3. The molecule has 0 radical (unpaired) electrons. The van der Waals surface area contributed by atoms with Gasteiger partial charge in [-0.25, -0.2) is 13.6 Å². The van der Waals surface area contributed by atoms with Crippen LogP contribution in [-0.4, -0.2) is 18.1 Å². The first-order valence-electron chi connectivity index (χ1n) is 4.19. The molecule has 1 aromatic heterocycles. The van der Waals surface area contributed by atoms with Gasteiger partial charge in [0, 0.05) is 5.33 Å². The summed E-state index contributed by atoms with van der Waals surface area (Å²) in [5, 5.41) is 0.105. The first-order valence-corrected chi connectivity index (χ1v) is 5.32. The summed E-state index contributed by atoms with van der Waals surface area (Å²) in [7, 11) is 1.11. The van der Waals surface area contributed by atoms with Gasteiger partial charge in [-0.1, -0.05) is 15.9 Å². The third kappa shape index (κ3) is 2.46. The third-order valence-electron chi connectivity index (χ3n) is 1.92. The van der Waals surface area contributed by atoms with Crippen LogP contribution in [0.15, 0.2) is 10.9 Å². The van der Waals surface area contributed by atoms with E-state index in [2.05, 4.69) is 20.7 Å². The molecule has 0 aliphatic heterocycles. The van der Waals surface area contributed by atoms with Gasteiger partial charge in [0.15, 0.2) is 0 Å². The van der Waals surface area contributed by atoms with E-state index in [-0.39, 0.29) is 16.5 Å². The Balaban J connectivity index is 3.37. The number of hydrogen-bond donors (Lipinski definition) is 1. The molecule has 4 nitrogen and oxygen atoms in total. The summed E-state index contributed by atoms with van der Waals surface area (Å²) in [6.45, 7) is 0. The first-order chi connectivity index (χ1) is 7.51. The van der Waals surface area contributed by atoms with Crippen molar-refractivity contribution in [2.75, 3.05) is 7.11 Å². The van der Waals surface area contributed by atoms with Crippen molar-refractivity contribution in [3.63, 3.8) is 0 Å². The van der Waals surface area contributed by atoms with Crippen LogP contribution in [0, 0.1) is 0 Å². The number of rotatable bonds is 3. The van der Waals surface area contributed by atoms with Crippen LogP contribution < -0.4 is 5.56 Å². The molecule has 0 bridgehead atoms. The lowest BCUT2D eigenvalue weighted by Gasteiger charge is -2.07. The fourth-order valence-corrected chi connectivity index (χ4v) is 1.62. The number of pyridine rings is 1. The maximum absolute atomic E-state index is 12.5. The highest BCUT2D eigenvalue weighted by atomic mass is 79.9. The van der Waals surface area contributed by atoms with Crippen LogP contribution in [0.3, 0.4) is 0 Å². The summed E-state index contributed by atoms with van der Waals surface area (Å²) in [5.74, 6) is -0.857. The van der Waals surface area contributed by atoms with Crippen molar-refractivity contribution < 1.29 is 18.3 Å². The molecule has 0 saturated heterocycles. The zero-order valence-electron chi connectivity index (χ0n) is 8.22. The molecule has 7 heteroatoms. The fourth-order valence-electron chi connectivity index (χ4n) is 1.15. The molecule has 1 aromatic rings. The minimum Gasteiger partial charge on any atom is -0.465 e. The molecule has 88 valence electrons. The van der Waals surface area contributed by atoms with Crippen LogP contribution in [0.5, 0.6) is 0 Å². The van der Waals surface area contributed by atoms with E-state index in [1.54, 1.807) is 0 Å². The molecule has 0 atom stereocenters. The van der Waals surface area contributed by atoms with E-state index >= 15 is 0 Å². The van der Waals surface area contributed by atoms with E-state index in [0.717, 1.165) is 13.2 Å². The van der Waals surface area contributed by atoms with Gasteiger partial charge in [-0.3, -0.25) is 4.79 Å². The van der Waals surface area contributed by atoms with Crippen LogP contribution >= 0.6 is 15.9 Å². The molecular formula is C9H8BrF2NO3. The maximum Gasteiger partial charge on any atom is 0.343 e. The number of aromatic nitrogens is 1. The average Bonchev–Trinajstić information content (AvgIpc) is 2.27. The fraction of sp³-hybridized carbons (Fsp3) is 0.333. The van der Waals surface area contributed by atoms with E-state index in [1.165, 1.54) is 0 Å². The van der Waals surface area contributed by atoms with Crippen LogP contribution in [0.1, 0.15) is 28.0 Å². The second kappa shape index (κ2) is 5.20. The Morgan fingerprint density at radius 3 is 2.69 bits per heavy atom. The molecule has 0 aliphatic carbocycles. The van der Waals surface area contributed by atoms with Gasteiger partial charge in [-0.05, 0) is 11.6 Å². The summed E-state index contributed by atoms with van der Waals surface area (Å²) in [6.07, 6.45) is -2.80. The standard InChI is InChI=1S/C9H8BrF2NO3/c1-16-9(15)5-2-4(3-10)6(7(11)12)13-8(5)14/h2,7H,3H2,1H3,(H,13,14). The summed E-state index contributed by atoms with van der Waals surface area (Å²) < 4.78 is 29.4. The number of alkyl halides is 3. The number of halogens is 3. The van der Waals surface area contributed by atoms with Gasteiger partial charge in [0.1, 0.15) is 5.56 Å². The Kier molecular flexibility index (Phi) is 4.17. The van der Waals surface area contributed by atoms with Crippen molar-refractivity contribution in [2.24, 2.45) is 0 Å². The maximum atomic E-state index is 12.5. The lowest BCUT2D eigenvalue weighted by atomic mass is 10.1. The molecule has 16 heavy (non-hydrogen) atoms. The monoisotopic (exact) mass is 295 g/mol. The molecule has 0 spiro atoms. The van der Waals surface area contributed by atoms with Gasteiger partial charge in [0.2, 0.25) is 0 Å². The third-order valence-corrected chi connectivity index (χ3v) is 2.53. The number of ether oxygens (including phenoxy) is 1. The molecule has 0 aliphatic rings. The van der Waals surface area contributed by atoms with E-state index in [1.807, 2.05) is 4.98 Å². The predicted octanol–water partition coefficient (Wildman–Crippen LogP) is 1.99. The van der Waals surface area contributed by atoms with Crippen molar-refractivity contribution >= 4 is 21.9 Å². The average molecular weight is 296 g/mol. The Labute approximate surface area is 97.7 Å². The van der Waals surface area contributed by atoms with Gasteiger partial charge >= 0.3 is 5.97 Å². The topological polar surface area (TPSA) is 59.2 Å². The number of aromatic amines is 1.